The van der Waals surface area contributed by atoms with Gasteiger partial charge in [-0.25, -0.2) is 8.42 Å². The van der Waals surface area contributed by atoms with Gasteiger partial charge >= 0.3 is 6.18 Å². The molecular formula is C26H34F3N3O4S. The maximum Gasteiger partial charge on any atom is 0.416 e. The van der Waals surface area contributed by atoms with E-state index in [9.17, 15) is 31.2 Å². The van der Waals surface area contributed by atoms with Crippen molar-refractivity contribution in [3.63, 3.8) is 0 Å². The summed E-state index contributed by atoms with van der Waals surface area (Å²) < 4.78 is 65.6. The standard InChI is InChI=1S/C26H34F3N3O4S/c1-5-19(3)30-25(34)23(6-2)31(16-15-20-11-8-7-9-12-20)24(33)18-32(37(4,35)36)22-14-10-13-21(17-22)26(27,28)29/h7-14,17,19,23H,5-6,15-16,18H2,1-4H3,(H,30,34). The summed E-state index contributed by atoms with van der Waals surface area (Å²) in [5.41, 5.74) is -0.410. The van der Waals surface area contributed by atoms with Crippen LogP contribution in [0.2, 0.25) is 0 Å². The highest BCUT2D eigenvalue weighted by molar-refractivity contribution is 7.92. The maximum atomic E-state index is 13.6. The van der Waals surface area contributed by atoms with Crippen molar-refractivity contribution in [1.29, 1.82) is 0 Å². The van der Waals surface area contributed by atoms with Crippen LogP contribution in [0.1, 0.15) is 44.7 Å². The predicted octanol–water partition coefficient (Wildman–Crippen LogP) is 4.24. The molecule has 0 bridgehead atoms. The Balaban J connectivity index is 2.42. The molecule has 0 aliphatic rings. The van der Waals surface area contributed by atoms with Gasteiger partial charge in [0.25, 0.3) is 0 Å². The van der Waals surface area contributed by atoms with Gasteiger partial charge in [0.1, 0.15) is 12.6 Å². The summed E-state index contributed by atoms with van der Waals surface area (Å²) in [6.45, 7) is 4.85. The second kappa shape index (κ2) is 12.9. The van der Waals surface area contributed by atoms with Gasteiger partial charge in [0, 0.05) is 12.6 Å². The molecule has 204 valence electrons. The van der Waals surface area contributed by atoms with Gasteiger partial charge < -0.3 is 10.2 Å². The van der Waals surface area contributed by atoms with Crippen molar-refractivity contribution in [1.82, 2.24) is 10.2 Å². The van der Waals surface area contributed by atoms with E-state index in [2.05, 4.69) is 5.32 Å². The predicted molar refractivity (Wildman–Crippen MR) is 137 cm³/mol. The Morgan fingerprint density at radius 2 is 1.65 bits per heavy atom. The van der Waals surface area contributed by atoms with Gasteiger partial charge in [-0.05, 0) is 49.9 Å². The molecule has 11 heteroatoms. The third-order valence-corrected chi connectivity index (χ3v) is 7.15. The number of carbonyl (C=O) groups excluding carboxylic acids is 2. The van der Waals surface area contributed by atoms with Crippen LogP contribution in [0.4, 0.5) is 18.9 Å². The van der Waals surface area contributed by atoms with E-state index in [0.717, 1.165) is 24.0 Å². The number of alkyl halides is 3. The number of benzene rings is 2. The zero-order valence-electron chi connectivity index (χ0n) is 21.5. The third kappa shape index (κ3) is 8.77. The number of nitrogens with one attached hydrogen (secondary N) is 1. The summed E-state index contributed by atoms with van der Waals surface area (Å²) in [6, 6.07) is 12.1. The Morgan fingerprint density at radius 1 is 1.00 bits per heavy atom. The fourth-order valence-electron chi connectivity index (χ4n) is 3.79. The molecule has 2 atom stereocenters. The van der Waals surface area contributed by atoms with Gasteiger partial charge in [-0.15, -0.1) is 0 Å². The largest absolute Gasteiger partial charge is 0.416 e. The van der Waals surface area contributed by atoms with Crippen molar-refractivity contribution >= 4 is 27.5 Å². The van der Waals surface area contributed by atoms with E-state index in [-0.39, 0.29) is 30.6 Å². The van der Waals surface area contributed by atoms with E-state index < -0.39 is 40.3 Å². The van der Waals surface area contributed by atoms with Crippen LogP contribution in [0.5, 0.6) is 0 Å². The van der Waals surface area contributed by atoms with Crippen LogP contribution >= 0.6 is 0 Å². The average Bonchev–Trinajstić information content (AvgIpc) is 2.84. The van der Waals surface area contributed by atoms with Crippen LogP contribution in [0.25, 0.3) is 0 Å². The number of carbonyl (C=O) groups is 2. The van der Waals surface area contributed by atoms with Crippen molar-refractivity contribution in [2.75, 3.05) is 23.7 Å². The van der Waals surface area contributed by atoms with E-state index in [0.29, 0.717) is 23.2 Å². The molecule has 37 heavy (non-hydrogen) atoms. The first-order valence-electron chi connectivity index (χ1n) is 12.1. The first kappa shape index (κ1) is 30.1. The van der Waals surface area contributed by atoms with Gasteiger partial charge in [0.05, 0.1) is 17.5 Å². The summed E-state index contributed by atoms with van der Waals surface area (Å²) >= 11 is 0. The fraction of sp³-hybridized carbons (Fsp3) is 0.462. The summed E-state index contributed by atoms with van der Waals surface area (Å²) in [5, 5.41) is 2.86. The smallest absolute Gasteiger partial charge is 0.352 e. The van der Waals surface area contributed by atoms with Crippen LogP contribution < -0.4 is 9.62 Å². The van der Waals surface area contributed by atoms with Gasteiger partial charge in [-0.3, -0.25) is 13.9 Å². The van der Waals surface area contributed by atoms with Crippen molar-refractivity contribution in [2.24, 2.45) is 0 Å². The van der Waals surface area contributed by atoms with Crippen LogP contribution in [-0.2, 0) is 32.2 Å². The average molecular weight is 542 g/mol. The molecule has 7 nitrogen and oxygen atoms in total. The molecule has 2 rings (SSSR count). The second-order valence-electron chi connectivity index (χ2n) is 8.88. The van der Waals surface area contributed by atoms with Crippen molar-refractivity contribution in [3.8, 4) is 0 Å². The lowest BCUT2D eigenvalue weighted by Crippen LogP contribution is -2.54. The van der Waals surface area contributed by atoms with E-state index in [4.69, 9.17) is 0 Å². The lowest BCUT2D eigenvalue weighted by molar-refractivity contribution is -0.139. The molecule has 2 aromatic rings. The van der Waals surface area contributed by atoms with E-state index in [1.165, 1.54) is 11.0 Å². The second-order valence-corrected chi connectivity index (χ2v) is 10.8. The quantitative estimate of drug-likeness (QED) is 0.436. The first-order valence-corrected chi connectivity index (χ1v) is 13.9. The zero-order chi connectivity index (χ0) is 27.8. The molecule has 0 fully saturated rings. The Bertz CT molecular complexity index is 1160. The molecular weight excluding hydrogens is 507 g/mol. The molecule has 2 unspecified atom stereocenters. The number of hydrogen-bond donors (Lipinski definition) is 1. The number of nitrogens with zero attached hydrogens (tertiary/aromatic N) is 2. The molecule has 0 aromatic heterocycles. The van der Waals surface area contributed by atoms with Crippen LogP contribution in [0.15, 0.2) is 54.6 Å². The minimum Gasteiger partial charge on any atom is -0.352 e. The minimum absolute atomic E-state index is 0.121. The number of halogens is 3. The van der Waals surface area contributed by atoms with E-state index in [1.807, 2.05) is 44.2 Å². The first-order chi connectivity index (χ1) is 17.3. The highest BCUT2D eigenvalue weighted by atomic mass is 32.2. The molecule has 1 N–H and O–H groups in total. The van der Waals surface area contributed by atoms with Crippen LogP contribution in [-0.4, -0.2) is 56.6 Å². The summed E-state index contributed by atoms with van der Waals surface area (Å²) in [7, 11) is -4.13. The topological polar surface area (TPSA) is 86.8 Å². The highest BCUT2D eigenvalue weighted by Crippen LogP contribution is 2.32. The molecule has 0 aliphatic carbocycles. The molecule has 2 aromatic carbocycles. The molecule has 0 aliphatic heterocycles. The number of sulfonamides is 1. The van der Waals surface area contributed by atoms with Crippen molar-refractivity contribution in [2.45, 2.75) is 58.3 Å². The van der Waals surface area contributed by atoms with Gasteiger partial charge in [0.2, 0.25) is 21.8 Å². The zero-order valence-corrected chi connectivity index (χ0v) is 22.3. The van der Waals surface area contributed by atoms with Crippen molar-refractivity contribution < 1.29 is 31.2 Å². The summed E-state index contributed by atoms with van der Waals surface area (Å²) in [5.74, 6) is -1.06. The normalized spacial score (nSPS) is 13.5. The Morgan fingerprint density at radius 3 is 2.19 bits per heavy atom. The lowest BCUT2D eigenvalue weighted by atomic mass is 10.1. The van der Waals surface area contributed by atoms with E-state index in [1.54, 1.807) is 6.92 Å². The minimum atomic E-state index is -4.69. The Kier molecular flexibility index (Phi) is 10.5. The number of amides is 2. The fourth-order valence-corrected chi connectivity index (χ4v) is 4.63. The van der Waals surface area contributed by atoms with Crippen LogP contribution in [0, 0.1) is 0 Å². The molecule has 0 radical (unpaired) electrons. The summed E-state index contributed by atoms with van der Waals surface area (Å²) in [6.07, 6.45) is -2.51. The number of hydrogen-bond acceptors (Lipinski definition) is 4. The van der Waals surface area contributed by atoms with Gasteiger partial charge in [-0.2, -0.15) is 13.2 Å². The SMILES string of the molecule is CCC(C)NC(=O)C(CC)N(CCc1ccccc1)C(=O)CN(c1cccc(C(F)(F)F)c1)S(C)(=O)=O. The Hall–Kier alpha value is -3.08. The summed E-state index contributed by atoms with van der Waals surface area (Å²) in [4.78, 5) is 27.9. The van der Waals surface area contributed by atoms with Gasteiger partial charge in [0.15, 0.2) is 0 Å². The number of anilines is 1. The Labute approximate surface area is 216 Å². The molecule has 0 spiro atoms. The third-order valence-electron chi connectivity index (χ3n) is 6.01. The van der Waals surface area contributed by atoms with Crippen molar-refractivity contribution in [3.05, 3.63) is 65.7 Å². The molecule has 0 heterocycles. The lowest BCUT2D eigenvalue weighted by Gasteiger charge is -2.33. The monoisotopic (exact) mass is 541 g/mol. The molecule has 2 amide bonds. The molecule has 0 saturated heterocycles. The highest BCUT2D eigenvalue weighted by Gasteiger charge is 2.34. The van der Waals surface area contributed by atoms with Crippen LogP contribution in [0.3, 0.4) is 0 Å². The number of rotatable bonds is 12. The van der Waals surface area contributed by atoms with E-state index >= 15 is 0 Å². The molecule has 0 saturated carbocycles. The van der Waals surface area contributed by atoms with Gasteiger partial charge in [-0.1, -0.05) is 50.2 Å². The maximum absolute atomic E-state index is 13.6.